The van der Waals surface area contributed by atoms with Gasteiger partial charge in [-0.15, -0.1) is 0 Å². The van der Waals surface area contributed by atoms with Crippen LogP contribution in [-0.4, -0.2) is 53.1 Å². The molecule has 1 fully saturated rings. The first-order valence-electron chi connectivity index (χ1n) is 12.6. The number of carbonyl (C=O) groups is 2. The van der Waals surface area contributed by atoms with Crippen LogP contribution in [0.3, 0.4) is 0 Å². The highest BCUT2D eigenvalue weighted by Gasteiger charge is 2.51. The van der Waals surface area contributed by atoms with Crippen molar-refractivity contribution in [2.45, 2.75) is 43.2 Å². The number of allylic oxidation sites excluding steroid dienone is 1. The number of imidazole rings is 1. The van der Waals surface area contributed by atoms with E-state index in [0.29, 0.717) is 23.3 Å². The summed E-state index contributed by atoms with van der Waals surface area (Å²) in [5.41, 5.74) is -4.85. The van der Waals surface area contributed by atoms with Crippen LogP contribution in [-0.2, 0) is 33.5 Å². The third-order valence-electron chi connectivity index (χ3n) is 6.89. The van der Waals surface area contributed by atoms with E-state index in [0.717, 1.165) is 23.1 Å². The molecular formula is C28H23F6N5O4S. The maximum atomic E-state index is 13.5. The zero-order valence-corrected chi connectivity index (χ0v) is 24.0. The van der Waals surface area contributed by atoms with E-state index in [1.807, 2.05) is 0 Å². The molecule has 0 spiro atoms. The molecule has 0 unspecified atom stereocenters. The Hall–Kier alpha value is -4.65. The minimum absolute atomic E-state index is 0.0342. The van der Waals surface area contributed by atoms with Crippen LogP contribution in [0.2, 0.25) is 0 Å². The van der Waals surface area contributed by atoms with Gasteiger partial charge in [-0.25, -0.2) is 23.1 Å². The van der Waals surface area contributed by atoms with Gasteiger partial charge in [0.25, 0.3) is 5.91 Å². The molecule has 0 radical (unpaired) electrons. The first-order chi connectivity index (χ1) is 20.3. The van der Waals surface area contributed by atoms with Crippen LogP contribution in [0.1, 0.15) is 30.5 Å². The number of benzene rings is 2. The third-order valence-corrected chi connectivity index (χ3v) is 8.05. The fourth-order valence-electron chi connectivity index (χ4n) is 4.59. The molecule has 4 rings (SSSR count). The number of halogens is 6. The molecule has 1 saturated heterocycles. The Morgan fingerprint density at radius 3 is 2.18 bits per heavy atom. The van der Waals surface area contributed by atoms with Gasteiger partial charge < -0.3 is 9.47 Å². The minimum atomic E-state index is -4.92. The van der Waals surface area contributed by atoms with Gasteiger partial charge in [0, 0.05) is 31.1 Å². The number of aromatic nitrogens is 2. The van der Waals surface area contributed by atoms with Gasteiger partial charge in [0.15, 0.2) is 9.84 Å². The fraction of sp³-hybridized carbons (Fsp3) is 0.286. The molecule has 0 saturated carbocycles. The molecule has 9 nitrogen and oxygen atoms in total. The molecule has 1 aliphatic heterocycles. The number of carbonyl (C=O) groups excluding carboxylic acids is 2. The Kier molecular flexibility index (Phi) is 8.16. The predicted octanol–water partition coefficient (Wildman–Crippen LogP) is 5.67. The second-order valence-corrected chi connectivity index (χ2v) is 12.3. The van der Waals surface area contributed by atoms with Crippen LogP contribution in [0, 0.1) is 11.3 Å². The van der Waals surface area contributed by atoms with Crippen LogP contribution in [0.15, 0.2) is 66.0 Å². The van der Waals surface area contributed by atoms with E-state index < -0.39 is 61.3 Å². The number of anilines is 1. The van der Waals surface area contributed by atoms with Crippen molar-refractivity contribution in [2.24, 2.45) is 0 Å². The van der Waals surface area contributed by atoms with Crippen molar-refractivity contribution in [2.75, 3.05) is 17.7 Å². The number of nitriles is 1. The Labute approximate surface area is 247 Å². The van der Waals surface area contributed by atoms with Crippen LogP contribution in [0.5, 0.6) is 0 Å². The average molecular weight is 640 g/mol. The van der Waals surface area contributed by atoms with E-state index in [9.17, 15) is 44.3 Å². The lowest BCUT2D eigenvalue weighted by Crippen LogP contribution is -2.44. The second kappa shape index (κ2) is 11.1. The standard InChI is InChI=1S/C28H23F6N5O4S/c1-26(2)24(40)39(19-8-6-18(14-35)20(13-19)27(29,30)31)25(41)38(26)11-5-4-10-37-15-22(36-16-37)17-7-9-23(44(3,42)43)21(12-17)28(32,33)34/h4-9,12-13,15-16H,10-11H2,1-3H3/b5-4-. The number of hydrogen-bond donors (Lipinski definition) is 0. The lowest BCUT2D eigenvalue weighted by atomic mass is 10.0. The maximum Gasteiger partial charge on any atom is 0.417 e. The topological polar surface area (TPSA) is 116 Å². The summed E-state index contributed by atoms with van der Waals surface area (Å²) in [5.74, 6) is -0.770. The Bertz CT molecular complexity index is 1820. The van der Waals surface area contributed by atoms with Gasteiger partial charge in [0.2, 0.25) is 0 Å². The molecule has 3 amide bonds. The number of rotatable bonds is 7. The van der Waals surface area contributed by atoms with Gasteiger partial charge >= 0.3 is 18.4 Å². The summed E-state index contributed by atoms with van der Waals surface area (Å²) < 4.78 is 106. The van der Waals surface area contributed by atoms with Crippen LogP contribution >= 0.6 is 0 Å². The summed E-state index contributed by atoms with van der Waals surface area (Å²) in [6.45, 7) is 2.90. The van der Waals surface area contributed by atoms with Crippen LogP contribution in [0.25, 0.3) is 11.3 Å². The number of imide groups is 1. The van der Waals surface area contributed by atoms with Gasteiger partial charge in [-0.3, -0.25) is 4.79 Å². The van der Waals surface area contributed by atoms with Crippen LogP contribution in [0.4, 0.5) is 36.8 Å². The number of sulfone groups is 1. The summed E-state index contributed by atoms with van der Waals surface area (Å²) in [6.07, 6.45) is -3.26. The minimum Gasteiger partial charge on any atom is -0.333 e. The Morgan fingerprint density at radius 1 is 0.955 bits per heavy atom. The molecule has 0 bridgehead atoms. The molecule has 44 heavy (non-hydrogen) atoms. The normalized spacial score (nSPS) is 15.8. The Balaban J connectivity index is 1.50. The molecule has 16 heteroatoms. The number of urea groups is 1. The van der Waals surface area contributed by atoms with Crippen molar-refractivity contribution in [1.82, 2.24) is 14.5 Å². The molecule has 3 aromatic rings. The molecule has 0 N–H and O–H groups in total. The number of alkyl halides is 6. The largest absolute Gasteiger partial charge is 0.417 e. The first-order valence-corrected chi connectivity index (χ1v) is 14.5. The van der Waals surface area contributed by atoms with Gasteiger partial charge in [-0.05, 0) is 44.2 Å². The van der Waals surface area contributed by atoms with E-state index in [-0.39, 0.29) is 30.0 Å². The summed E-state index contributed by atoms with van der Waals surface area (Å²) in [7, 11) is -4.14. The molecule has 1 aliphatic rings. The first kappa shape index (κ1) is 32.3. The Morgan fingerprint density at radius 2 is 1.59 bits per heavy atom. The fourth-order valence-corrected chi connectivity index (χ4v) is 5.48. The zero-order valence-electron chi connectivity index (χ0n) is 23.2. The lowest BCUT2D eigenvalue weighted by molar-refractivity contribution is -0.140. The molecule has 1 aromatic heterocycles. The SMILES string of the molecule is CC1(C)C(=O)N(c2ccc(C#N)c(C(F)(F)F)c2)C(=O)N1C/C=C\Cn1cnc(-c2ccc(S(C)(=O)=O)c(C(F)(F)F)c2)c1. The van der Waals surface area contributed by atoms with Gasteiger partial charge in [0.1, 0.15) is 5.54 Å². The van der Waals surface area contributed by atoms with E-state index >= 15 is 0 Å². The van der Waals surface area contributed by atoms with Gasteiger partial charge in [-0.2, -0.15) is 31.6 Å². The summed E-state index contributed by atoms with van der Waals surface area (Å²) in [5, 5.41) is 9.03. The number of hydrogen-bond acceptors (Lipinski definition) is 6. The lowest BCUT2D eigenvalue weighted by Gasteiger charge is -2.26. The molecule has 0 aliphatic carbocycles. The van der Waals surface area contributed by atoms with Gasteiger partial charge in [-0.1, -0.05) is 18.2 Å². The predicted molar refractivity (Wildman–Crippen MR) is 145 cm³/mol. The van der Waals surface area contributed by atoms with Crippen molar-refractivity contribution in [3.63, 3.8) is 0 Å². The highest BCUT2D eigenvalue weighted by molar-refractivity contribution is 7.90. The molecule has 2 aromatic carbocycles. The van der Waals surface area contributed by atoms with E-state index in [4.69, 9.17) is 5.26 Å². The monoisotopic (exact) mass is 639 g/mol. The van der Waals surface area contributed by atoms with E-state index in [1.165, 1.54) is 49.2 Å². The van der Waals surface area contributed by atoms with Crippen LogP contribution < -0.4 is 4.90 Å². The zero-order chi connectivity index (χ0) is 32.8. The highest BCUT2D eigenvalue weighted by atomic mass is 32.2. The summed E-state index contributed by atoms with van der Waals surface area (Å²) in [6, 6.07) is 5.90. The third kappa shape index (κ3) is 6.18. The van der Waals surface area contributed by atoms with Crippen molar-refractivity contribution < 1.29 is 44.3 Å². The highest BCUT2D eigenvalue weighted by Crippen LogP contribution is 2.38. The number of amides is 3. The van der Waals surface area contributed by atoms with Crippen molar-refractivity contribution in [3.8, 4) is 17.3 Å². The molecule has 2 heterocycles. The van der Waals surface area contributed by atoms with Gasteiger partial charge in [0.05, 0.1) is 45.4 Å². The van der Waals surface area contributed by atoms with E-state index in [1.54, 1.807) is 6.08 Å². The smallest absolute Gasteiger partial charge is 0.333 e. The summed E-state index contributed by atoms with van der Waals surface area (Å²) in [4.78, 5) is 31.3. The van der Waals surface area contributed by atoms with Crippen molar-refractivity contribution in [1.29, 1.82) is 5.26 Å². The summed E-state index contributed by atoms with van der Waals surface area (Å²) >= 11 is 0. The average Bonchev–Trinajstić information content (AvgIpc) is 3.45. The maximum absolute atomic E-state index is 13.5. The second-order valence-electron chi connectivity index (χ2n) is 10.3. The quantitative estimate of drug-likeness (QED) is 0.187. The molecule has 0 atom stereocenters. The van der Waals surface area contributed by atoms with Crippen molar-refractivity contribution >= 4 is 27.5 Å². The number of nitrogens with zero attached hydrogens (tertiary/aromatic N) is 5. The molecular weight excluding hydrogens is 616 g/mol. The van der Waals surface area contributed by atoms with E-state index in [2.05, 4.69) is 4.98 Å². The molecule has 232 valence electrons. The van der Waals surface area contributed by atoms with Crippen molar-refractivity contribution in [3.05, 3.63) is 77.8 Å².